The molecule has 0 atom stereocenters. The number of benzene rings is 1. The van der Waals surface area contributed by atoms with Crippen LogP contribution in [-0.2, 0) is 0 Å². The van der Waals surface area contributed by atoms with Gasteiger partial charge in [0, 0.05) is 38.1 Å². The lowest BCUT2D eigenvalue weighted by atomic mass is 10.1. The van der Waals surface area contributed by atoms with Gasteiger partial charge in [-0.1, -0.05) is 11.6 Å². The Morgan fingerprint density at radius 1 is 0.963 bits per heavy atom. The molecule has 6 heteroatoms. The normalized spacial score (nSPS) is 17.2. The fourth-order valence-corrected chi connectivity index (χ4v) is 4.23. The van der Waals surface area contributed by atoms with E-state index in [1.165, 1.54) is 19.3 Å². The van der Waals surface area contributed by atoms with Crippen LogP contribution in [0.2, 0.25) is 5.02 Å². The standard InChI is InChI=1S/C21H25ClN4O/c22-18-15-16(8-9-19(18)25-11-2-1-3-12-25)24-21(27)17-7-6-10-23-20(17)26-13-4-5-14-26/h6-10,15H,1-5,11-14H2,(H,24,27). The zero-order chi connectivity index (χ0) is 18.6. The average Bonchev–Trinajstić information content (AvgIpc) is 3.23. The summed E-state index contributed by atoms with van der Waals surface area (Å²) in [7, 11) is 0. The number of piperidine rings is 1. The molecule has 0 spiro atoms. The number of pyridine rings is 1. The molecule has 0 radical (unpaired) electrons. The minimum atomic E-state index is -0.146. The maximum atomic E-state index is 12.9. The zero-order valence-corrected chi connectivity index (χ0v) is 16.2. The van der Waals surface area contributed by atoms with Crippen molar-refractivity contribution in [3.63, 3.8) is 0 Å². The molecule has 0 saturated carbocycles. The van der Waals surface area contributed by atoms with Gasteiger partial charge in [-0.05, 0) is 62.4 Å². The van der Waals surface area contributed by atoms with Crippen LogP contribution < -0.4 is 15.1 Å². The number of anilines is 3. The number of halogens is 1. The maximum Gasteiger partial charge on any atom is 0.259 e. The molecule has 3 heterocycles. The number of rotatable bonds is 4. The molecule has 2 aliphatic heterocycles. The second-order valence-corrected chi connectivity index (χ2v) is 7.64. The molecule has 5 nitrogen and oxygen atoms in total. The Balaban J connectivity index is 1.51. The van der Waals surface area contributed by atoms with E-state index in [2.05, 4.69) is 20.1 Å². The van der Waals surface area contributed by atoms with E-state index in [9.17, 15) is 4.79 Å². The van der Waals surface area contributed by atoms with Crippen LogP contribution in [0.1, 0.15) is 42.5 Å². The molecule has 1 aromatic heterocycles. The van der Waals surface area contributed by atoms with E-state index in [0.29, 0.717) is 16.3 Å². The van der Waals surface area contributed by atoms with E-state index in [-0.39, 0.29) is 5.91 Å². The van der Waals surface area contributed by atoms with Gasteiger partial charge in [-0.2, -0.15) is 0 Å². The quantitative estimate of drug-likeness (QED) is 0.838. The van der Waals surface area contributed by atoms with E-state index in [1.807, 2.05) is 24.3 Å². The molecule has 2 saturated heterocycles. The van der Waals surface area contributed by atoms with Crippen molar-refractivity contribution < 1.29 is 4.79 Å². The van der Waals surface area contributed by atoms with Crippen molar-refractivity contribution in [2.24, 2.45) is 0 Å². The highest BCUT2D eigenvalue weighted by Crippen LogP contribution is 2.31. The van der Waals surface area contributed by atoms with Gasteiger partial charge in [0.05, 0.1) is 16.3 Å². The fourth-order valence-electron chi connectivity index (χ4n) is 3.93. The summed E-state index contributed by atoms with van der Waals surface area (Å²) in [6.45, 7) is 3.99. The van der Waals surface area contributed by atoms with Crippen molar-refractivity contribution >= 4 is 34.7 Å². The summed E-state index contributed by atoms with van der Waals surface area (Å²) in [5.74, 6) is 0.621. The molecule has 0 unspecified atom stereocenters. The monoisotopic (exact) mass is 384 g/mol. The summed E-state index contributed by atoms with van der Waals surface area (Å²) in [4.78, 5) is 21.8. The van der Waals surface area contributed by atoms with E-state index in [1.54, 1.807) is 12.3 Å². The molecule has 2 aromatic rings. The third-order valence-electron chi connectivity index (χ3n) is 5.34. The number of aromatic nitrogens is 1. The van der Waals surface area contributed by atoms with Gasteiger partial charge in [0.25, 0.3) is 5.91 Å². The smallest absolute Gasteiger partial charge is 0.259 e. The van der Waals surface area contributed by atoms with E-state index >= 15 is 0 Å². The first-order chi connectivity index (χ1) is 13.2. The Kier molecular flexibility index (Phi) is 5.48. The van der Waals surface area contributed by atoms with Crippen molar-refractivity contribution in [2.75, 3.05) is 41.3 Å². The van der Waals surface area contributed by atoms with Crippen LogP contribution in [-0.4, -0.2) is 37.1 Å². The topological polar surface area (TPSA) is 48.5 Å². The maximum absolute atomic E-state index is 12.9. The third-order valence-corrected chi connectivity index (χ3v) is 5.64. The Labute approximate surface area is 165 Å². The lowest BCUT2D eigenvalue weighted by molar-refractivity contribution is 0.102. The highest BCUT2D eigenvalue weighted by molar-refractivity contribution is 6.33. The van der Waals surface area contributed by atoms with Crippen LogP contribution in [0.3, 0.4) is 0 Å². The van der Waals surface area contributed by atoms with Gasteiger partial charge in [0.1, 0.15) is 5.82 Å². The summed E-state index contributed by atoms with van der Waals surface area (Å²) in [5, 5.41) is 3.67. The van der Waals surface area contributed by atoms with Crippen molar-refractivity contribution in [1.82, 2.24) is 4.98 Å². The summed E-state index contributed by atoms with van der Waals surface area (Å²) in [6, 6.07) is 9.42. The zero-order valence-electron chi connectivity index (χ0n) is 15.5. The van der Waals surface area contributed by atoms with Gasteiger partial charge in [-0.3, -0.25) is 4.79 Å². The van der Waals surface area contributed by atoms with Crippen molar-refractivity contribution in [2.45, 2.75) is 32.1 Å². The van der Waals surface area contributed by atoms with Crippen molar-refractivity contribution in [1.29, 1.82) is 0 Å². The number of hydrogen-bond donors (Lipinski definition) is 1. The summed E-state index contributed by atoms with van der Waals surface area (Å²) >= 11 is 6.51. The predicted octanol–water partition coefficient (Wildman–Crippen LogP) is 4.58. The van der Waals surface area contributed by atoms with E-state index in [4.69, 9.17) is 11.6 Å². The van der Waals surface area contributed by atoms with Crippen molar-refractivity contribution in [3.8, 4) is 0 Å². The Morgan fingerprint density at radius 2 is 1.67 bits per heavy atom. The van der Waals surface area contributed by atoms with Crippen LogP contribution in [0.15, 0.2) is 36.5 Å². The van der Waals surface area contributed by atoms with Gasteiger partial charge in [0.15, 0.2) is 0 Å². The molecule has 1 N–H and O–H groups in total. The minimum absolute atomic E-state index is 0.146. The Hall–Kier alpha value is -2.27. The second-order valence-electron chi connectivity index (χ2n) is 7.24. The molecule has 27 heavy (non-hydrogen) atoms. The molecular weight excluding hydrogens is 360 g/mol. The third kappa shape index (κ3) is 4.03. The number of nitrogens with one attached hydrogen (secondary N) is 1. The van der Waals surface area contributed by atoms with Crippen LogP contribution >= 0.6 is 11.6 Å². The molecule has 2 aliphatic rings. The Bertz CT molecular complexity index is 814. The highest BCUT2D eigenvalue weighted by atomic mass is 35.5. The number of nitrogens with zero attached hydrogens (tertiary/aromatic N) is 3. The second kappa shape index (κ2) is 8.17. The minimum Gasteiger partial charge on any atom is -0.370 e. The summed E-state index contributed by atoms with van der Waals surface area (Å²) in [6.07, 6.45) is 7.72. The SMILES string of the molecule is O=C(Nc1ccc(N2CCCCC2)c(Cl)c1)c1cccnc1N1CCCC1. The molecule has 0 bridgehead atoms. The van der Waals surface area contributed by atoms with Gasteiger partial charge in [-0.15, -0.1) is 0 Å². The fraction of sp³-hybridized carbons (Fsp3) is 0.429. The van der Waals surface area contributed by atoms with Gasteiger partial charge in [-0.25, -0.2) is 4.98 Å². The molecular formula is C21H25ClN4O. The molecule has 2 fully saturated rings. The van der Waals surface area contributed by atoms with Crippen LogP contribution in [0.25, 0.3) is 0 Å². The number of hydrogen-bond acceptors (Lipinski definition) is 4. The summed E-state index contributed by atoms with van der Waals surface area (Å²) in [5.41, 5.74) is 2.37. The van der Waals surface area contributed by atoms with E-state index in [0.717, 1.165) is 50.5 Å². The van der Waals surface area contributed by atoms with Crippen molar-refractivity contribution in [3.05, 3.63) is 47.1 Å². The molecule has 0 aliphatic carbocycles. The predicted molar refractivity (Wildman–Crippen MR) is 111 cm³/mol. The Morgan fingerprint density at radius 3 is 2.41 bits per heavy atom. The van der Waals surface area contributed by atoms with Gasteiger partial charge < -0.3 is 15.1 Å². The molecule has 142 valence electrons. The number of carbonyl (C=O) groups is 1. The van der Waals surface area contributed by atoms with Crippen LogP contribution in [0.4, 0.5) is 17.2 Å². The first-order valence-electron chi connectivity index (χ1n) is 9.78. The first kappa shape index (κ1) is 18.1. The van der Waals surface area contributed by atoms with Crippen LogP contribution in [0, 0.1) is 0 Å². The molecule has 1 amide bonds. The molecule has 1 aromatic carbocycles. The first-order valence-corrected chi connectivity index (χ1v) is 10.2. The average molecular weight is 385 g/mol. The molecule has 4 rings (SSSR count). The highest BCUT2D eigenvalue weighted by Gasteiger charge is 2.21. The largest absolute Gasteiger partial charge is 0.370 e. The van der Waals surface area contributed by atoms with Gasteiger partial charge >= 0.3 is 0 Å². The lowest BCUT2D eigenvalue weighted by Gasteiger charge is -2.29. The lowest BCUT2D eigenvalue weighted by Crippen LogP contribution is -2.29. The van der Waals surface area contributed by atoms with Crippen LogP contribution in [0.5, 0.6) is 0 Å². The number of carbonyl (C=O) groups excluding carboxylic acids is 1. The summed E-state index contributed by atoms with van der Waals surface area (Å²) < 4.78 is 0. The number of amides is 1. The van der Waals surface area contributed by atoms with E-state index < -0.39 is 0 Å². The van der Waals surface area contributed by atoms with Gasteiger partial charge in [0.2, 0.25) is 0 Å².